The van der Waals surface area contributed by atoms with Gasteiger partial charge in [0.2, 0.25) is 0 Å². The van der Waals surface area contributed by atoms with Gasteiger partial charge in [-0.1, -0.05) is 0 Å². The van der Waals surface area contributed by atoms with Crippen molar-refractivity contribution in [3.63, 3.8) is 0 Å². The molecule has 0 aromatic heterocycles. The summed E-state index contributed by atoms with van der Waals surface area (Å²) in [5.74, 6) is 0. The molecule has 4 nitrogen and oxygen atoms in total. The van der Waals surface area contributed by atoms with Crippen molar-refractivity contribution < 1.29 is 71.9 Å². The molecule has 0 aliphatic rings. The van der Waals surface area contributed by atoms with E-state index in [0.717, 1.165) is 0 Å². The Kier molecular flexibility index (Phi) is 52.4. The molecule has 0 aliphatic heterocycles. The van der Waals surface area contributed by atoms with Crippen molar-refractivity contribution in [3.8, 4) is 0 Å². The van der Waals surface area contributed by atoms with Crippen LogP contribution in [0, 0.1) is 0 Å². The van der Waals surface area contributed by atoms with Crippen molar-refractivity contribution in [1.82, 2.24) is 0 Å². The maximum atomic E-state index is 8.33. The molecule has 0 aliphatic carbocycles. The predicted octanol–water partition coefficient (Wildman–Crippen LogP) is -6.00. The van der Waals surface area contributed by atoms with Crippen LogP contribution in [-0.2, 0) is 0 Å². The Morgan fingerprint density at radius 3 is 1.29 bits per heavy atom. The SMILES string of the molecule is O=C([O-])[O-].[K+].[Mg+2].[OH-]. The summed E-state index contributed by atoms with van der Waals surface area (Å²) < 4.78 is 0. The van der Waals surface area contributed by atoms with E-state index in [-0.39, 0.29) is 79.9 Å². The molecule has 0 atom stereocenters. The van der Waals surface area contributed by atoms with E-state index in [0.29, 0.717) is 0 Å². The third-order valence-electron chi connectivity index (χ3n) is 0. The Hall–Kier alpha value is 1.63. The van der Waals surface area contributed by atoms with Gasteiger partial charge in [0.15, 0.2) is 0 Å². The number of carboxylic acid groups (broad SMARTS) is 2. The van der Waals surface area contributed by atoms with Gasteiger partial charge in [0.05, 0.1) is 0 Å². The van der Waals surface area contributed by atoms with E-state index in [1.54, 1.807) is 0 Å². The molecular formula is CHKMgO4. The zero-order valence-corrected chi connectivity index (χ0v) is 8.42. The second kappa shape index (κ2) is 15.6. The van der Waals surface area contributed by atoms with Gasteiger partial charge < -0.3 is 20.5 Å². The van der Waals surface area contributed by atoms with Crippen LogP contribution in [0.3, 0.4) is 0 Å². The average molecular weight is 140 g/mol. The van der Waals surface area contributed by atoms with Gasteiger partial charge in [0.1, 0.15) is 0 Å². The van der Waals surface area contributed by atoms with Crippen LogP contribution in [0.4, 0.5) is 4.79 Å². The summed E-state index contributed by atoms with van der Waals surface area (Å²) in [6.07, 6.45) is -2.33. The molecule has 0 amide bonds. The van der Waals surface area contributed by atoms with Crippen LogP contribution in [0.1, 0.15) is 0 Å². The molecule has 0 unspecified atom stereocenters. The Morgan fingerprint density at radius 1 is 1.29 bits per heavy atom. The maximum absolute atomic E-state index is 8.33. The molecule has 0 fully saturated rings. The molecule has 6 heteroatoms. The van der Waals surface area contributed by atoms with E-state index >= 15 is 0 Å². The summed E-state index contributed by atoms with van der Waals surface area (Å²) in [6, 6.07) is 0. The van der Waals surface area contributed by atoms with Crippen LogP contribution in [0.15, 0.2) is 0 Å². The van der Waals surface area contributed by atoms with Gasteiger partial charge in [-0.3, -0.25) is 0 Å². The van der Waals surface area contributed by atoms with Gasteiger partial charge in [-0.25, -0.2) is 0 Å². The van der Waals surface area contributed by atoms with Crippen molar-refractivity contribution in [2.45, 2.75) is 0 Å². The topological polar surface area (TPSA) is 93.2 Å². The van der Waals surface area contributed by atoms with Crippen molar-refractivity contribution in [2.75, 3.05) is 0 Å². The van der Waals surface area contributed by atoms with Crippen LogP contribution < -0.4 is 61.6 Å². The van der Waals surface area contributed by atoms with Crippen molar-refractivity contribution in [3.05, 3.63) is 0 Å². The number of carbonyl (C=O) groups is 1. The van der Waals surface area contributed by atoms with E-state index in [1.165, 1.54) is 0 Å². The molecule has 0 aromatic carbocycles. The summed E-state index contributed by atoms with van der Waals surface area (Å²) in [6.45, 7) is 0. The van der Waals surface area contributed by atoms with E-state index in [9.17, 15) is 0 Å². The van der Waals surface area contributed by atoms with Crippen molar-refractivity contribution in [1.29, 1.82) is 0 Å². The van der Waals surface area contributed by atoms with Gasteiger partial charge in [-0.2, -0.15) is 0 Å². The summed E-state index contributed by atoms with van der Waals surface area (Å²) in [4.78, 5) is 8.33. The number of hydrogen-bond donors (Lipinski definition) is 0. The fraction of sp³-hybridized carbons (Fsp3) is 0. The monoisotopic (exact) mass is 140 g/mol. The van der Waals surface area contributed by atoms with Crippen LogP contribution >= 0.6 is 0 Å². The predicted molar refractivity (Wildman–Crippen MR) is 13.1 cm³/mol. The molecule has 0 rings (SSSR count). The zero-order chi connectivity index (χ0) is 3.58. The summed E-state index contributed by atoms with van der Waals surface area (Å²) in [7, 11) is 0. The molecule has 0 heterocycles. The van der Waals surface area contributed by atoms with E-state index < -0.39 is 6.16 Å². The molecule has 32 valence electrons. The average Bonchev–Trinajstić information content (AvgIpc) is 0.811. The van der Waals surface area contributed by atoms with Gasteiger partial charge in [-0.05, 0) is 6.16 Å². The molecular weight excluding hydrogens is 139 g/mol. The molecule has 7 heavy (non-hydrogen) atoms. The molecule has 0 radical (unpaired) electrons. The zero-order valence-electron chi connectivity index (χ0n) is 3.88. The first kappa shape index (κ1) is 23.4. The fourth-order valence-corrected chi connectivity index (χ4v) is 0. The maximum Gasteiger partial charge on any atom is 2.00 e. The summed E-state index contributed by atoms with van der Waals surface area (Å²) in [5.41, 5.74) is 0. The Bertz CT molecular complexity index is 34.7. The first-order valence-corrected chi connectivity index (χ1v) is 0.612. The first-order chi connectivity index (χ1) is 1.73. The Balaban J connectivity index is -0.0000000150. The molecule has 0 aromatic rings. The van der Waals surface area contributed by atoms with E-state index in [2.05, 4.69) is 0 Å². The van der Waals surface area contributed by atoms with Gasteiger partial charge >= 0.3 is 74.4 Å². The number of hydrogen-bond acceptors (Lipinski definition) is 4. The van der Waals surface area contributed by atoms with E-state index in [4.69, 9.17) is 15.0 Å². The van der Waals surface area contributed by atoms with Crippen molar-refractivity contribution in [2.24, 2.45) is 0 Å². The number of carbonyl (C=O) groups excluding carboxylic acids is 1. The van der Waals surface area contributed by atoms with Gasteiger partial charge in [0.25, 0.3) is 0 Å². The largest absolute Gasteiger partial charge is 2.00 e. The Labute approximate surface area is 99.2 Å². The van der Waals surface area contributed by atoms with Gasteiger partial charge in [0, 0.05) is 0 Å². The van der Waals surface area contributed by atoms with Crippen LogP contribution in [0.25, 0.3) is 0 Å². The third kappa shape index (κ3) is 90.9. The normalized spacial score (nSPS) is 3.43. The second-order valence-corrected chi connectivity index (χ2v) is 0.250. The summed E-state index contributed by atoms with van der Waals surface area (Å²) in [5, 5.41) is 16.7. The summed E-state index contributed by atoms with van der Waals surface area (Å²) >= 11 is 0. The third-order valence-corrected chi connectivity index (χ3v) is 0. The standard InChI is InChI=1S/CH2O3.K.Mg.H2O/c2-1(3)4;;;/h(H2,2,3,4);;;1H2/q;+1;+2;/p-3. The minimum Gasteiger partial charge on any atom is -0.870 e. The molecule has 0 spiro atoms. The first-order valence-electron chi connectivity index (χ1n) is 0.612. The minimum atomic E-state index is -2.33. The second-order valence-electron chi connectivity index (χ2n) is 0.250. The molecule has 0 saturated carbocycles. The fourth-order valence-electron chi connectivity index (χ4n) is 0. The van der Waals surface area contributed by atoms with Crippen LogP contribution in [-0.4, -0.2) is 34.7 Å². The Morgan fingerprint density at radius 2 is 1.29 bits per heavy atom. The van der Waals surface area contributed by atoms with Crippen molar-refractivity contribution >= 4 is 29.2 Å². The smallest absolute Gasteiger partial charge is 0.870 e. The van der Waals surface area contributed by atoms with Crippen LogP contribution in [0.2, 0.25) is 0 Å². The number of rotatable bonds is 0. The molecule has 0 bridgehead atoms. The molecule has 0 saturated heterocycles. The van der Waals surface area contributed by atoms with Crippen LogP contribution in [0.5, 0.6) is 0 Å². The quantitative estimate of drug-likeness (QED) is 0.313. The van der Waals surface area contributed by atoms with Gasteiger partial charge in [-0.15, -0.1) is 0 Å². The minimum absolute atomic E-state index is 0. The van der Waals surface area contributed by atoms with E-state index in [1.807, 2.05) is 0 Å². The molecule has 1 N–H and O–H groups in total.